The highest BCUT2D eigenvalue weighted by molar-refractivity contribution is 5.80. The number of nitrogens with one attached hydrogen (secondary N) is 2. The normalized spacial score (nSPS) is 16.8. The largest absolute Gasteiger partial charge is 0.497 e. The first kappa shape index (κ1) is 19.9. The number of methoxy groups -OCH3 is 2. The Labute approximate surface area is 167 Å². The van der Waals surface area contributed by atoms with E-state index in [1.54, 1.807) is 14.2 Å². The summed E-state index contributed by atoms with van der Waals surface area (Å²) in [6.07, 6.45) is 2.00. The van der Waals surface area contributed by atoms with Crippen molar-refractivity contribution in [3.8, 4) is 11.5 Å². The van der Waals surface area contributed by atoms with Gasteiger partial charge in [-0.3, -0.25) is 4.99 Å². The summed E-state index contributed by atoms with van der Waals surface area (Å²) in [5, 5.41) is 6.96. The van der Waals surface area contributed by atoms with E-state index in [2.05, 4.69) is 44.8 Å². The Bertz CT molecular complexity index is 776. The molecular formula is C22H30N4O2. The first-order valence-corrected chi connectivity index (χ1v) is 9.71. The molecule has 0 aliphatic carbocycles. The van der Waals surface area contributed by atoms with Crippen molar-refractivity contribution in [3.05, 3.63) is 54.1 Å². The summed E-state index contributed by atoms with van der Waals surface area (Å²) >= 11 is 0. The molecule has 1 fully saturated rings. The van der Waals surface area contributed by atoms with Gasteiger partial charge >= 0.3 is 0 Å². The van der Waals surface area contributed by atoms with Gasteiger partial charge in [-0.25, -0.2) is 0 Å². The first-order valence-electron chi connectivity index (χ1n) is 9.71. The Morgan fingerprint density at radius 3 is 2.61 bits per heavy atom. The van der Waals surface area contributed by atoms with Crippen molar-refractivity contribution in [3.63, 3.8) is 0 Å². The SMILES string of the molecule is CN=C(NCCc1ccc(OC)cc1)NC1CCN(c2ccccc2OC)C1. The first-order chi connectivity index (χ1) is 13.7. The maximum atomic E-state index is 5.50. The van der Waals surface area contributed by atoms with Crippen LogP contribution in [0.2, 0.25) is 0 Å². The van der Waals surface area contributed by atoms with Gasteiger partial charge in [0.05, 0.1) is 19.9 Å². The lowest BCUT2D eigenvalue weighted by molar-refractivity contribution is 0.414. The lowest BCUT2D eigenvalue weighted by Crippen LogP contribution is -2.45. The van der Waals surface area contributed by atoms with Crippen LogP contribution in [-0.2, 0) is 6.42 Å². The summed E-state index contributed by atoms with van der Waals surface area (Å²) in [7, 11) is 5.22. The predicted octanol–water partition coefficient (Wildman–Crippen LogP) is 2.69. The Balaban J connectivity index is 1.47. The van der Waals surface area contributed by atoms with Gasteiger partial charge in [0.2, 0.25) is 0 Å². The van der Waals surface area contributed by atoms with E-state index in [0.29, 0.717) is 6.04 Å². The Hall–Kier alpha value is -2.89. The van der Waals surface area contributed by atoms with Gasteiger partial charge in [0.1, 0.15) is 11.5 Å². The lowest BCUT2D eigenvalue weighted by Gasteiger charge is -2.22. The van der Waals surface area contributed by atoms with E-state index >= 15 is 0 Å². The molecule has 0 amide bonds. The van der Waals surface area contributed by atoms with Gasteiger partial charge in [-0.2, -0.15) is 0 Å². The molecule has 1 unspecified atom stereocenters. The predicted molar refractivity (Wildman–Crippen MR) is 115 cm³/mol. The third-order valence-corrected chi connectivity index (χ3v) is 5.04. The Morgan fingerprint density at radius 1 is 1.11 bits per heavy atom. The van der Waals surface area contributed by atoms with E-state index < -0.39 is 0 Å². The van der Waals surface area contributed by atoms with Crippen LogP contribution in [0.3, 0.4) is 0 Å². The molecule has 2 aromatic rings. The summed E-state index contributed by atoms with van der Waals surface area (Å²) in [5.41, 5.74) is 2.42. The van der Waals surface area contributed by atoms with Crippen molar-refractivity contribution in [2.45, 2.75) is 18.9 Å². The second kappa shape index (κ2) is 9.88. The molecule has 6 nitrogen and oxygen atoms in total. The van der Waals surface area contributed by atoms with Crippen LogP contribution in [0.4, 0.5) is 5.69 Å². The molecule has 1 aliphatic heterocycles. The van der Waals surface area contributed by atoms with Gasteiger partial charge in [-0.15, -0.1) is 0 Å². The number of hydrogen-bond donors (Lipinski definition) is 2. The van der Waals surface area contributed by atoms with Gasteiger partial charge in [0, 0.05) is 32.7 Å². The van der Waals surface area contributed by atoms with Crippen LogP contribution in [0.15, 0.2) is 53.5 Å². The van der Waals surface area contributed by atoms with Gasteiger partial charge in [-0.05, 0) is 42.7 Å². The summed E-state index contributed by atoms with van der Waals surface area (Å²) in [5.74, 6) is 2.65. The van der Waals surface area contributed by atoms with Crippen molar-refractivity contribution in [1.29, 1.82) is 0 Å². The molecule has 6 heteroatoms. The molecule has 28 heavy (non-hydrogen) atoms. The number of guanidine groups is 1. The molecule has 0 aromatic heterocycles. The zero-order valence-electron chi connectivity index (χ0n) is 16.9. The number of nitrogens with zero attached hydrogens (tertiary/aromatic N) is 2. The van der Waals surface area contributed by atoms with Crippen LogP contribution in [0.1, 0.15) is 12.0 Å². The van der Waals surface area contributed by atoms with Gasteiger partial charge in [0.25, 0.3) is 0 Å². The molecule has 0 bridgehead atoms. The average Bonchev–Trinajstić information content (AvgIpc) is 3.21. The van der Waals surface area contributed by atoms with Gasteiger partial charge < -0.3 is 25.0 Å². The highest BCUT2D eigenvalue weighted by Gasteiger charge is 2.25. The molecule has 2 aromatic carbocycles. The number of anilines is 1. The van der Waals surface area contributed by atoms with Crippen LogP contribution in [-0.4, -0.2) is 52.9 Å². The second-order valence-corrected chi connectivity index (χ2v) is 6.84. The molecule has 1 saturated heterocycles. The zero-order chi connectivity index (χ0) is 19.8. The standard InChI is InChI=1S/C22H30N4O2/c1-23-22(24-14-12-17-8-10-19(27-2)11-9-17)25-18-13-15-26(16-18)20-6-4-5-7-21(20)28-3/h4-11,18H,12-16H2,1-3H3,(H2,23,24,25). The van der Waals surface area contributed by atoms with E-state index in [-0.39, 0.29) is 0 Å². The molecule has 0 saturated carbocycles. The van der Waals surface area contributed by atoms with Gasteiger partial charge in [-0.1, -0.05) is 24.3 Å². The van der Waals surface area contributed by atoms with E-state index in [1.165, 1.54) is 5.56 Å². The molecule has 1 atom stereocenters. The molecule has 150 valence electrons. The zero-order valence-corrected chi connectivity index (χ0v) is 16.9. The van der Waals surface area contributed by atoms with Crippen molar-refractivity contribution in [1.82, 2.24) is 10.6 Å². The third kappa shape index (κ3) is 5.09. The molecule has 0 radical (unpaired) electrons. The molecule has 2 N–H and O–H groups in total. The van der Waals surface area contributed by atoms with Crippen LogP contribution in [0, 0.1) is 0 Å². The van der Waals surface area contributed by atoms with Crippen molar-refractivity contribution in [2.24, 2.45) is 4.99 Å². The van der Waals surface area contributed by atoms with Crippen LogP contribution in [0.25, 0.3) is 0 Å². The quantitative estimate of drug-likeness (QED) is 0.570. The Morgan fingerprint density at radius 2 is 1.89 bits per heavy atom. The highest BCUT2D eigenvalue weighted by atomic mass is 16.5. The van der Waals surface area contributed by atoms with E-state index in [4.69, 9.17) is 9.47 Å². The number of ether oxygens (including phenoxy) is 2. The fourth-order valence-electron chi connectivity index (χ4n) is 3.49. The topological polar surface area (TPSA) is 58.1 Å². The maximum Gasteiger partial charge on any atom is 0.191 e. The van der Waals surface area contributed by atoms with Crippen molar-refractivity contribution >= 4 is 11.6 Å². The van der Waals surface area contributed by atoms with Crippen LogP contribution in [0.5, 0.6) is 11.5 Å². The number of para-hydroxylation sites is 2. The van der Waals surface area contributed by atoms with Crippen molar-refractivity contribution < 1.29 is 9.47 Å². The smallest absolute Gasteiger partial charge is 0.191 e. The number of hydrogen-bond acceptors (Lipinski definition) is 4. The van der Waals surface area contributed by atoms with E-state index in [0.717, 1.165) is 55.6 Å². The van der Waals surface area contributed by atoms with Crippen molar-refractivity contribution in [2.75, 3.05) is 45.8 Å². The molecule has 1 aliphatic rings. The second-order valence-electron chi connectivity index (χ2n) is 6.84. The highest BCUT2D eigenvalue weighted by Crippen LogP contribution is 2.30. The average molecular weight is 383 g/mol. The number of benzene rings is 2. The summed E-state index contributed by atoms with van der Waals surface area (Å²) in [6, 6.07) is 16.7. The Kier molecular flexibility index (Phi) is 7.00. The van der Waals surface area contributed by atoms with E-state index in [9.17, 15) is 0 Å². The van der Waals surface area contributed by atoms with Crippen LogP contribution < -0.4 is 25.0 Å². The fraction of sp³-hybridized carbons (Fsp3) is 0.409. The van der Waals surface area contributed by atoms with Gasteiger partial charge in [0.15, 0.2) is 5.96 Å². The summed E-state index contributed by atoms with van der Waals surface area (Å²) in [6.45, 7) is 2.76. The number of rotatable bonds is 7. The lowest BCUT2D eigenvalue weighted by atomic mass is 10.1. The fourth-order valence-corrected chi connectivity index (χ4v) is 3.49. The third-order valence-electron chi connectivity index (χ3n) is 5.04. The summed E-state index contributed by atoms with van der Waals surface area (Å²) < 4.78 is 10.7. The minimum absolute atomic E-state index is 0.358. The molecular weight excluding hydrogens is 352 g/mol. The molecule has 0 spiro atoms. The minimum atomic E-state index is 0.358. The summed E-state index contributed by atoms with van der Waals surface area (Å²) in [4.78, 5) is 6.74. The van der Waals surface area contributed by atoms with E-state index in [1.807, 2.05) is 31.3 Å². The molecule has 3 rings (SSSR count). The number of aliphatic imine (C=N–C) groups is 1. The molecule has 1 heterocycles. The monoisotopic (exact) mass is 382 g/mol. The van der Waals surface area contributed by atoms with Crippen LogP contribution >= 0.6 is 0 Å². The minimum Gasteiger partial charge on any atom is -0.497 e. The maximum absolute atomic E-state index is 5.50.